The Kier molecular flexibility index (Phi) is 4.66. The van der Waals surface area contributed by atoms with E-state index in [0.29, 0.717) is 11.1 Å². The van der Waals surface area contributed by atoms with Crippen LogP contribution in [0.3, 0.4) is 0 Å². The molecule has 0 fully saturated rings. The lowest BCUT2D eigenvalue weighted by atomic mass is 10.1. The van der Waals surface area contributed by atoms with Crippen LogP contribution < -0.4 is 21.5 Å². The summed E-state index contributed by atoms with van der Waals surface area (Å²) in [5.41, 5.74) is 7.55. The molecule has 0 atom stereocenters. The van der Waals surface area contributed by atoms with Gasteiger partial charge in [0.15, 0.2) is 17.2 Å². The smallest absolute Gasteiger partial charge is 0.347 e. The van der Waals surface area contributed by atoms with Crippen molar-refractivity contribution in [3.63, 3.8) is 0 Å². The van der Waals surface area contributed by atoms with Crippen LogP contribution >= 0.6 is 0 Å². The standard InChI is InChI=1S/C18H14FN3O4/c1-25-14-7-3-4-10-9-13(18(24)26-15(10)14)16(20)21-22-17(23)11-5-2-6-12(19)8-11/h2-9H,1H3,(H2,20,21)(H,22,23). The van der Waals surface area contributed by atoms with Gasteiger partial charge >= 0.3 is 5.63 Å². The summed E-state index contributed by atoms with van der Waals surface area (Å²) in [6.07, 6.45) is 0. The van der Waals surface area contributed by atoms with Crippen molar-refractivity contribution in [1.29, 1.82) is 0 Å². The van der Waals surface area contributed by atoms with Gasteiger partial charge < -0.3 is 14.9 Å². The van der Waals surface area contributed by atoms with E-state index in [9.17, 15) is 14.0 Å². The SMILES string of the molecule is COc1cccc2cc(/C(N)=N\NC(=O)c3cccc(F)c3)c(=O)oc12. The minimum absolute atomic E-state index is 0.0229. The summed E-state index contributed by atoms with van der Waals surface area (Å²) in [4.78, 5) is 24.1. The quantitative estimate of drug-likeness (QED) is 0.322. The Bertz CT molecular complexity index is 1080. The van der Waals surface area contributed by atoms with E-state index in [1.54, 1.807) is 18.2 Å². The number of amidine groups is 1. The predicted octanol–water partition coefficient (Wildman–Crippen LogP) is 1.99. The summed E-state index contributed by atoms with van der Waals surface area (Å²) in [6, 6.07) is 11.6. The molecule has 0 aliphatic carbocycles. The highest BCUT2D eigenvalue weighted by Crippen LogP contribution is 2.24. The number of hydrazone groups is 1. The minimum Gasteiger partial charge on any atom is -0.493 e. The second kappa shape index (κ2) is 7.06. The molecule has 132 valence electrons. The van der Waals surface area contributed by atoms with Gasteiger partial charge in [0.2, 0.25) is 0 Å². The Labute approximate surface area is 146 Å². The van der Waals surface area contributed by atoms with Gasteiger partial charge in [-0.1, -0.05) is 18.2 Å². The first-order valence-electron chi connectivity index (χ1n) is 7.50. The van der Waals surface area contributed by atoms with Crippen molar-refractivity contribution in [2.45, 2.75) is 0 Å². The van der Waals surface area contributed by atoms with Crippen LogP contribution in [0.4, 0.5) is 4.39 Å². The first kappa shape index (κ1) is 17.2. The topological polar surface area (TPSA) is 107 Å². The van der Waals surface area contributed by atoms with Crippen molar-refractivity contribution in [3.05, 3.63) is 75.9 Å². The summed E-state index contributed by atoms with van der Waals surface area (Å²) < 4.78 is 23.5. The number of rotatable bonds is 4. The number of fused-ring (bicyclic) bond motifs is 1. The van der Waals surface area contributed by atoms with Gasteiger partial charge in [-0.2, -0.15) is 5.10 Å². The summed E-state index contributed by atoms with van der Waals surface area (Å²) >= 11 is 0. The maximum Gasteiger partial charge on any atom is 0.347 e. The van der Waals surface area contributed by atoms with Crippen LogP contribution in [0.5, 0.6) is 5.75 Å². The molecule has 26 heavy (non-hydrogen) atoms. The molecule has 1 heterocycles. The van der Waals surface area contributed by atoms with Crippen LogP contribution in [0.25, 0.3) is 11.0 Å². The van der Waals surface area contributed by atoms with E-state index in [-0.39, 0.29) is 22.5 Å². The van der Waals surface area contributed by atoms with E-state index in [1.807, 2.05) is 0 Å². The van der Waals surface area contributed by atoms with Crippen LogP contribution in [-0.2, 0) is 0 Å². The molecule has 0 bridgehead atoms. The highest BCUT2D eigenvalue weighted by molar-refractivity contribution is 6.01. The third kappa shape index (κ3) is 3.39. The summed E-state index contributed by atoms with van der Waals surface area (Å²) in [5.74, 6) is -1.06. The molecule has 1 aromatic heterocycles. The number of halogens is 1. The maximum absolute atomic E-state index is 13.1. The van der Waals surface area contributed by atoms with Gasteiger partial charge in [0, 0.05) is 10.9 Å². The normalized spacial score (nSPS) is 11.4. The van der Waals surface area contributed by atoms with Crippen molar-refractivity contribution in [3.8, 4) is 5.75 Å². The molecule has 0 aliphatic rings. The van der Waals surface area contributed by atoms with Crippen LogP contribution in [0.2, 0.25) is 0 Å². The van der Waals surface area contributed by atoms with Crippen LogP contribution in [-0.4, -0.2) is 18.9 Å². The van der Waals surface area contributed by atoms with Crippen LogP contribution in [0.15, 0.2) is 62.8 Å². The number of hydrogen-bond acceptors (Lipinski definition) is 5. The van der Waals surface area contributed by atoms with E-state index in [2.05, 4.69) is 10.5 Å². The average Bonchev–Trinajstić information content (AvgIpc) is 2.64. The van der Waals surface area contributed by atoms with Gasteiger partial charge in [0.1, 0.15) is 11.4 Å². The Morgan fingerprint density at radius 3 is 2.73 bits per heavy atom. The zero-order valence-electron chi connectivity index (χ0n) is 13.7. The first-order valence-corrected chi connectivity index (χ1v) is 7.50. The second-order valence-electron chi connectivity index (χ2n) is 5.27. The highest BCUT2D eigenvalue weighted by atomic mass is 19.1. The highest BCUT2D eigenvalue weighted by Gasteiger charge is 2.13. The number of nitrogens with two attached hydrogens (primary N) is 1. The first-order chi connectivity index (χ1) is 12.5. The molecule has 0 unspecified atom stereocenters. The number of amides is 1. The molecular formula is C18H14FN3O4. The summed E-state index contributed by atoms with van der Waals surface area (Å²) in [7, 11) is 1.46. The summed E-state index contributed by atoms with van der Waals surface area (Å²) in [5, 5.41) is 4.27. The lowest BCUT2D eigenvalue weighted by molar-refractivity contribution is 0.0954. The van der Waals surface area contributed by atoms with Crippen LogP contribution in [0, 0.1) is 5.82 Å². The molecular weight excluding hydrogens is 341 g/mol. The molecule has 0 radical (unpaired) electrons. The molecule has 0 saturated heterocycles. The van der Waals surface area contributed by atoms with Gasteiger partial charge in [0.25, 0.3) is 5.91 Å². The van der Waals surface area contributed by atoms with E-state index >= 15 is 0 Å². The van der Waals surface area contributed by atoms with Crippen LogP contribution in [0.1, 0.15) is 15.9 Å². The number of nitrogens with zero attached hydrogens (tertiary/aromatic N) is 1. The molecule has 0 saturated carbocycles. The molecule has 2 aromatic carbocycles. The van der Waals surface area contributed by atoms with Gasteiger partial charge in [-0.05, 0) is 30.3 Å². The zero-order valence-corrected chi connectivity index (χ0v) is 13.7. The van der Waals surface area contributed by atoms with Gasteiger partial charge in [-0.15, -0.1) is 0 Å². The van der Waals surface area contributed by atoms with Gasteiger partial charge in [-0.25, -0.2) is 14.6 Å². The fourth-order valence-electron chi connectivity index (χ4n) is 2.32. The zero-order chi connectivity index (χ0) is 18.7. The van der Waals surface area contributed by atoms with E-state index in [0.717, 1.165) is 6.07 Å². The Balaban J connectivity index is 1.90. The monoisotopic (exact) mass is 355 g/mol. The number of carbonyl (C=O) groups excluding carboxylic acids is 1. The second-order valence-corrected chi connectivity index (χ2v) is 5.27. The van der Waals surface area contributed by atoms with E-state index < -0.39 is 17.3 Å². The number of hydrogen-bond donors (Lipinski definition) is 2. The Morgan fingerprint density at radius 2 is 2.00 bits per heavy atom. The van der Waals surface area contributed by atoms with Crippen molar-refractivity contribution in [2.24, 2.45) is 10.8 Å². The number of methoxy groups -OCH3 is 1. The number of benzene rings is 2. The molecule has 8 heteroatoms. The molecule has 3 aromatic rings. The summed E-state index contributed by atoms with van der Waals surface area (Å²) in [6.45, 7) is 0. The number of carbonyl (C=O) groups is 1. The average molecular weight is 355 g/mol. The van der Waals surface area contributed by atoms with Crippen molar-refractivity contribution >= 4 is 22.7 Å². The van der Waals surface area contributed by atoms with E-state index in [1.165, 1.54) is 31.4 Å². The lowest BCUT2D eigenvalue weighted by Gasteiger charge is -2.06. The Morgan fingerprint density at radius 1 is 1.23 bits per heavy atom. The van der Waals surface area contributed by atoms with Gasteiger partial charge in [-0.3, -0.25) is 4.79 Å². The molecule has 3 N–H and O–H groups in total. The number of nitrogens with one attached hydrogen (secondary N) is 1. The fraction of sp³-hybridized carbons (Fsp3) is 0.0556. The molecule has 1 amide bonds. The predicted molar refractivity (Wildman–Crippen MR) is 93.6 cm³/mol. The third-order valence-electron chi connectivity index (χ3n) is 3.58. The molecule has 7 nitrogen and oxygen atoms in total. The van der Waals surface area contributed by atoms with Crippen molar-refractivity contribution in [1.82, 2.24) is 5.43 Å². The third-order valence-corrected chi connectivity index (χ3v) is 3.58. The maximum atomic E-state index is 13.1. The molecule has 0 aliphatic heterocycles. The Hall–Kier alpha value is -3.68. The lowest BCUT2D eigenvalue weighted by Crippen LogP contribution is -2.27. The number of para-hydroxylation sites is 1. The molecule has 0 spiro atoms. The van der Waals surface area contributed by atoms with Crippen molar-refractivity contribution in [2.75, 3.05) is 7.11 Å². The van der Waals surface area contributed by atoms with Crippen molar-refractivity contribution < 1.29 is 18.3 Å². The van der Waals surface area contributed by atoms with Gasteiger partial charge in [0.05, 0.1) is 7.11 Å². The minimum atomic E-state index is -0.733. The fourth-order valence-corrected chi connectivity index (χ4v) is 2.32. The molecule has 3 rings (SSSR count). The van der Waals surface area contributed by atoms with E-state index in [4.69, 9.17) is 14.9 Å². The number of ether oxygens (including phenoxy) is 1. The largest absolute Gasteiger partial charge is 0.493 e.